The van der Waals surface area contributed by atoms with Gasteiger partial charge < -0.3 is 0 Å². The highest BCUT2D eigenvalue weighted by atomic mass is 35.5. The normalized spacial score (nSPS) is 10.4. The number of hydrogen-bond acceptors (Lipinski definition) is 2. The molecule has 2 nitrogen and oxygen atoms in total. The van der Waals surface area contributed by atoms with Crippen LogP contribution in [0.2, 0.25) is 5.02 Å². The Morgan fingerprint density at radius 3 is 2.38 bits per heavy atom. The van der Waals surface area contributed by atoms with E-state index in [4.69, 9.17) is 23.2 Å². The third kappa shape index (κ3) is 2.71. The average Bonchev–Trinajstić information content (AvgIpc) is 2.33. The van der Waals surface area contributed by atoms with Crippen molar-refractivity contribution in [1.82, 2.24) is 9.97 Å². The third-order valence-electron chi connectivity index (χ3n) is 2.22. The highest BCUT2D eigenvalue weighted by Crippen LogP contribution is 2.17. The van der Waals surface area contributed by atoms with Gasteiger partial charge in [-0.2, -0.15) is 0 Å². The molecule has 0 fully saturated rings. The molecule has 0 aliphatic carbocycles. The standard InChI is InChI=1S/C12H10Cl2N2/c13-6-9-7-15-12(16-8-9)5-10-3-1-2-4-11(10)14/h1-4,7-8H,5-6H2. The van der Waals surface area contributed by atoms with Gasteiger partial charge in [-0.15, -0.1) is 11.6 Å². The zero-order valence-electron chi connectivity index (χ0n) is 8.53. The average molecular weight is 253 g/mol. The second-order valence-corrected chi connectivity index (χ2v) is 4.08. The maximum Gasteiger partial charge on any atom is 0.132 e. The van der Waals surface area contributed by atoms with Crippen molar-refractivity contribution < 1.29 is 0 Å². The Labute approximate surface area is 104 Å². The fourth-order valence-corrected chi connectivity index (χ4v) is 1.69. The van der Waals surface area contributed by atoms with Crippen molar-refractivity contribution in [1.29, 1.82) is 0 Å². The summed E-state index contributed by atoms with van der Waals surface area (Å²) in [5, 5.41) is 0.743. The second kappa shape index (κ2) is 5.28. The quantitative estimate of drug-likeness (QED) is 0.783. The van der Waals surface area contributed by atoms with Crippen LogP contribution in [-0.2, 0) is 12.3 Å². The zero-order chi connectivity index (χ0) is 11.4. The Bertz CT molecular complexity index is 469. The Morgan fingerprint density at radius 2 is 1.75 bits per heavy atom. The Kier molecular flexibility index (Phi) is 3.75. The molecule has 16 heavy (non-hydrogen) atoms. The number of aromatic nitrogens is 2. The summed E-state index contributed by atoms with van der Waals surface area (Å²) < 4.78 is 0. The molecule has 1 heterocycles. The van der Waals surface area contributed by atoms with Gasteiger partial charge >= 0.3 is 0 Å². The van der Waals surface area contributed by atoms with E-state index >= 15 is 0 Å². The Balaban J connectivity index is 2.18. The molecular weight excluding hydrogens is 243 g/mol. The van der Waals surface area contributed by atoms with Crippen LogP contribution in [0.4, 0.5) is 0 Å². The molecule has 0 bridgehead atoms. The predicted molar refractivity (Wildman–Crippen MR) is 65.8 cm³/mol. The largest absolute Gasteiger partial charge is 0.241 e. The van der Waals surface area contributed by atoms with Crippen LogP contribution in [0.3, 0.4) is 0 Å². The van der Waals surface area contributed by atoms with Gasteiger partial charge in [-0.05, 0) is 11.6 Å². The number of nitrogens with zero attached hydrogens (tertiary/aromatic N) is 2. The first-order valence-electron chi connectivity index (χ1n) is 4.89. The maximum absolute atomic E-state index is 6.06. The first-order chi connectivity index (χ1) is 7.79. The summed E-state index contributed by atoms with van der Waals surface area (Å²) in [6.45, 7) is 0. The van der Waals surface area contributed by atoms with Crippen LogP contribution in [0.25, 0.3) is 0 Å². The molecule has 2 aromatic rings. The molecule has 0 N–H and O–H groups in total. The van der Waals surface area contributed by atoms with Gasteiger partial charge in [-0.3, -0.25) is 0 Å². The molecule has 0 spiro atoms. The van der Waals surface area contributed by atoms with Crippen molar-refractivity contribution in [2.45, 2.75) is 12.3 Å². The van der Waals surface area contributed by atoms with E-state index in [0.717, 1.165) is 22.0 Å². The van der Waals surface area contributed by atoms with Crippen LogP contribution in [-0.4, -0.2) is 9.97 Å². The van der Waals surface area contributed by atoms with Crippen LogP contribution in [0, 0.1) is 0 Å². The van der Waals surface area contributed by atoms with Crippen molar-refractivity contribution in [2.75, 3.05) is 0 Å². The lowest BCUT2D eigenvalue weighted by atomic mass is 10.1. The highest BCUT2D eigenvalue weighted by Gasteiger charge is 2.03. The SMILES string of the molecule is ClCc1cnc(Cc2ccccc2Cl)nc1. The van der Waals surface area contributed by atoms with E-state index in [-0.39, 0.29) is 0 Å². The molecule has 0 saturated heterocycles. The number of halogens is 2. The lowest BCUT2D eigenvalue weighted by molar-refractivity contribution is 0.952. The number of alkyl halides is 1. The van der Waals surface area contributed by atoms with E-state index in [9.17, 15) is 0 Å². The predicted octanol–water partition coefficient (Wildman–Crippen LogP) is 3.46. The van der Waals surface area contributed by atoms with E-state index in [2.05, 4.69) is 9.97 Å². The summed E-state index contributed by atoms with van der Waals surface area (Å²) in [5.74, 6) is 1.19. The smallest absolute Gasteiger partial charge is 0.132 e. The van der Waals surface area contributed by atoms with E-state index in [1.54, 1.807) is 12.4 Å². The minimum atomic E-state index is 0.437. The lowest BCUT2D eigenvalue weighted by Gasteiger charge is -2.03. The molecule has 0 saturated carbocycles. The van der Waals surface area contributed by atoms with Gasteiger partial charge in [0.05, 0.1) is 5.88 Å². The number of hydrogen-bond donors (Lipinski definition) is 0. The Hall–Kier alpha value is -1.12. The van der Waals surface area contributed by atoms with Crippen molar-refractivity contribution >= 4 is 23.2 Å². The molecule has 4 heteroatoms. The molecule has 0 unspecified atom stereocenters. The summed E-state index contributed by atoms with van der Waals surface area (Å²) in [6.07, 6.45) is 4.13. The van der Waals surface area contributed by atoms with Crippen molar-refractivity contribution in [3.8, 4) is 0 Å². The molecule has 0 amide bonds. The summed E-state index contributed by atoms with van der Waals surface area (Å²) in [5.41, 5.74) is 1.95. The van der Waals surface area contributed by atoms with Crippen LogP contribution in [0.1, 0.15) is 17.0 Å². The summed E-state index contributed by atoms with van der Waals surface area (Å²) in [6, 6.07) is 7.70. The molecule has 0 aliphatic heterocycles. The minimum absolute atomic E-state index is 0.437. The molecule has 0 aliphatic rings. The van der Waals surface area contributed by atoms with Gasteiger partial charge in [-0.25, -0.2) is 9.97 Å². The number of rotatable bonds is 3. The Morgan fingerprint density at radius 1 is 1.06 bits per heavy atom. The van der Waals surface area contributed by atoms with Gasteiger partial charge in [0.2, 0.25) is 0 Å². The van der Waals surface area contributed by atoms with E-state index < -0.39 is 0 Å². The van der Waals surface area contributed by atoms with Crippen LogP contribution in [0.15, 0.2) is 36.7 Å². The monoisotopic (exact) mass is 252 g/mol. The third-order valence-corrected chi connectivity index (χ3v) is 2.90. The van der Waals surface area contributed by atoms with Crippen LogP contribution in [0.5, 0.6) is 0 Å². The zero-order valence-corrected chi connectivity index (χ0v) is 10.0. The van der Waals surface area contributed by atoms with Gasteiger partial charge in [-0.1, -0.05) is 29.8 Å². The molecule has 0 atom stereocenters. The van der Waals surface area contributed by atoms with Crippen molar-refractivity contribution in [3.05, 3.63) is 58.6 Å². The fourth-order valence-electron chi connectivity index (χ4n) is 1.35. The van der Waals surface area contributed by atoms with Gasteiger partial charge in [0.15, 0.2) is 0 Å². The molecule has 82 valence electrons. The second-order valence-electron chi connectivity index (χ2n) is 3.41. The van der Waals surface area contributed by atoms with Gasteiger partial charge in [0, 0.05) is 29.4 Å². The molecule has 1 aromatic carbocycles. The summed E-state index contributed by atoms with van der Waals surface area (Å²) in [4.78, 5) is 8.46. The number of benzene rings is 1. The molecular formula is C12H10Cl2N2. The lowest BCUT2D eigenvalue weighted by Crippen LogP contribution is -1.97. The first kappa shape index (κ1) is 11.4. The van der Waals surface area contributed by atoms with E-state index in [0.29, 0.717) is 12.3 Å². The van der Waals surface area contributed by atoms with Crippen LogP contribution < -0.4 is 0 Å². The van der Waals surface area contributed by atoms with Gasteiger partial charge in [0.1, 0.15) is 5.82 Å². The van der Waals surface area contributed by atoms with Crippen molar-refractivity contribution in [2.24, 2.45) is 0 Å². The van der Waals surface area contributed by atoms with Gasteiger partial charge in [0.25, 0.3) is 0 Å². The molecule has 0 radical (unpaired) electrons. The summed E-state index contributed by atoms with van der Waals surface area (Å²) >= 11 is 11.7. The topological polar surface area (TPSA) is 25.8 Å². The molecule has 2 rings (SSSR count). The van der Waals surface area contributed by atoms with Crippen LogP contribution >= 0.6 is 23.2 Å². The minimum Gasteiger partial charge on any atom is -0.241 e. The maximum atomic E-state index is 6.06. The van der Waals surface area contributed by atoms with Crippen molar-refractivity contribution in [3.63, 3.8) is 0 Å². The summed E-state index contributed by atoms with van der Waals surface area (Å²) in [7, 11) is 0. The van der Waals surface area contributed by atoms with E-state index in [1.807, 2.05) is 24.3 Å². The van der Waals surface area contributed by atoms with E-state index in [1.165, 1.54) is 0 Å². The fraction of sp³-hybridized carbons (Fsp3) is 0.167. The highest BCUT2D eigenvalue weighted by molar-refractivity contribution is 6.31. The first-order valence-corrected chi connectivity index (χ1v) is 5.80. The molecule has 1 aromatic heterocycles.